The first-order chi connectivity index (χ1) is 12.3. The second kappa shape index (κ2) is 7.61. The van der Waals surface area contributed by atoms with Gasteiger partial charge in [0.25, 0.3) is 0 Å². The number of amides is 1. The number of hydrogen-bond donors (Lipinski definition) is 1. The molecular weight excluding hydrogens is 328 g/mol. The molecule has 1 aromatic carbocycles. The predicted molar refractivity (Wildman–Crippen MR) is 104 cm³/mol. The molecule has 1 N–H and O–H groups in total. The van der Waals surface area contributed by atoms with Crippen LogP contribution in [0.1, 0.15) is 48.6 Å². The zero-order valence-electron chi connectivity index (χ0n) is 14.6. The van der Waals surface area contributed by atoms with Crippen molar-refractivity contribution in [3.8, 4) is 0 Å². The molecule has 0 unspecified atom stereocenters. The Morgan fingerprint density at radius 1 is 1.16 bits per heavy atom. The second-order valence-electron chi connectivity index (χ2n) is 7.18. The number of rotatable bonds is 5. The van der Waals surface area contributed by atoms with Crippen LogP contribution in [0.15, 0.2) is 41.8 Å². The molecule has 1 amide bonds. The minimum Gasteiger partial charge on any atom is -0.361 e. The van der Waals surface area contributed by atoms with E-state index in [2.05, 4.69) is 52.0 Å². The number of para-hydroxylation sites is 1. The molecule has 3 nitrogen and oxygen atoms in total. The molecule has 1 saturated carbocycles. The van der Waals surface area contributed by atoms with Crippen LogP contribution in [-0.2, 0) is 11.2 Å². The molecule has 0 spiro atoms. The number of hydrogen-bond acceptors (Lipinski definition) is 3. The minimum absolute atomic E-state index is 0.226. The molecule has 1 fully saturated rings. The van der Waals surface area contributed by atoms with Crippen LogP contribution in [0.25, 0.3) is 0 Å². The molecule has 1 aromatic heterocycles. The molecule has 4 rings (SSSR count). The van der Waals surface area contributed by atoms with Crippen molar-refractivity contribution in [3.05, 3.63) is 52.2 Å². The maximum atomic E-state index is 12.6. The van der Waals surface area contributed by atoms with Crippen LogP contribution in [-0.4, -0.2) is 19.0 Å². The molecule has 0 bridgehead atoms. The normalized spacial score (nSPS) is 18.8. The number of carbonyl (C=O) groups excluding carboxylic acids is 1. The summed E-state index contributed by atoms with van der Waals surface area (Å²) < 4.78 is 0. The number of anilines is 1. The fourth-order valence-electron chi connectivity index (χ4n) is 4.24. The van der Waals surface area contributed by atoms with Gasteiger partial charge in [-0.1, -0.05) is 43.5 Å². The molecular formula is C21H26N2OS. The lowest BCUT2D eigenvalue weighted by atomic mass is 9.88. The highest BCUT2D eigenvalue weighted by atomic mass is 32.1. The zero-order chi connectivity index (χ0) is 17.1. The lowest BCUT2D eigenvalue weighted by Gasteiger charge is -2.31. The topological polar surface area (TPSA) is 32.3 Å². The van der Waals surface area contributed by atoms with Gasteiger partial charge in [-0.05, 0) is 42.3 Å². The van der Waals surface area contributed by atoms with Gasteiger partial charge in [-0.2, -0.15) is 0 Å². The molecule has 1 atom stereocenters. The quantitative estimate of drug-likeness (QED) is 0.854. The Morgan fingerprint density at radius 3 is 2.80 bits per heavy atom. The van der Waals surface area contributed by atoms with E-state index in [0.29, 0.717) is 6.54 Å². The van der Waals surface area contributed by atoms with Gasteiger partial charge in [0, 0.05) is 29.6 Å². The Morgan fingerprint density at radius 2 is 2.00 bits per heavy atom. The number of carbonyl (C=O) groups is 1. The van der Waals surface area contributed by atoms with E-state index in [1.165, 1.54) is 35.4 Å². The standard InChI is InChI=1S/C21H26N2OS/c24-21(17-8-2-1-3-9-17)22-15-19(20-11-6-14-25-20)23-13-12-16-7-4-5-10-18(16)23/h4-7,10-11,14,17,19H,1-3,8-9,12-13,15H2,(H,22,24)/t19-/m1/s1. The highest BCUT2D eigenvalue weighted by Gasteiger charge is 2.29. The minimum atomic E-state index is 0.226. The van der Waals surface area contributed by atoms with E-state index in [1.54, 1.807) is 11.3 Å². The van der Waals surface area contributed by atoms with Crippen molar-refractivity contribution in [2.24, 2.45) is 5.92 Å². The SMILES string of the molecule is O=C(NC[C@H](c1cccs1)N1CCc2ccccc21)C1CCCCC1. The van der Waals surface area contributed by atoms with Gasteiger partial charge in [0.1, 0.15) is 0 Å². The Labute approximate surface area is 154 Å². The van der Waals surface area contributed by atoms with Crippen molar-refractivity contribution in [1.82, 2.24) is 5.32 Å². The van der Waals surface area contributed by atoms with Gasteiger partial charge in [0.05, 0.1) is 6.04 Å². The first-order valence-electron chi connectivity index (χ1n) is 9.48. The van der Waals surface area contributed by atoms with E-state index in [4.69, 9.17) is 0 Å². The van der Waals surface area contributed by atoms with Crippen molar-refractivity contribution in [1.29, 1.82) is 0 Å². The van der Waals surface area contributed by atoms with Crippen molar-refractivity contribution >= 4 is 22.9 Å². The van der Waals surface area contributed by atoms with E-state index < -0.39 is 0 Å². The molecule has 1 aliphatic carbocycles. The van der Waals surface area contributed by atoms with Crippen LogP contribution >= 0.6 is 11.3 Å². The van der Waals surface area contributed by atoms with Crippen molar-refractivity contribution in [2.75, 3.05) is 18.0 Å². The van der Waals surface area contributed by atoms with Crippen LogP contribution in [0.2, 0.25) is 0 Å². The van der Waals surface area contributed by atoms with Gasteiger partial charge >= 0.3 is 0 Å². The van der Waals surface area contributed by atoms with E-state index in [-0.39, 0.29) is 17.9 Å². The second-order valence-corrected chi connectivity index (χ2v) is 8.16. The summed E-state index contributed by atoms with van der Waals surface area (Å²) in [5.74, 6) is 0.484. The average Bonchev–Trinajstić information content (AvgIpc) is 3.33. The molecule has 25 heavy (non-hydrogen) atoms. The van der Waals surface area contributed by atoms with Gasteiger partial charge in [-0.25, -0.2) is 0 Å². The Bertz CT molecular complexity index is 706. The summed E-state index contributed by atoms with van der Waals surface area (Å²) in [5, 5.41) is 5.41. The van der Waals surface area contributed by atoms with E-state index in [9.17, 15) is 4.79 Å². The Balaban J connectivity index is 1.49. The molecule has 2 aliphatic rings. The highest BCUT2D eigenvalue weighted by molar-refractivity contribution is 7.10. The molecule has 2 heterocycles. The fourth-order valence-corrected chi connectivity index (χ4v) is 5.08. The van der Waals surface area contributed by atoms with E-state index in [1.807, 2.05) is 0 Å². The Kier molecular flexibility index (Phi) is 5.07. The molecule has 2 aromatic rings. The van der Waals surface area contributed by atoms with Crippen LogP contribution < -0.4 is 10.2 Å². The maximum Gasteiger partial charge on any atom is 0.223 e. The number of thiophene rings is 1. The third-order valence-corrected chi connectivity index (χ3v) is 6.59. The van der Waals surface area contributed by atoms with E-state index >= 15 is 0 Å². The third kappa shape index (κ3) is 3.59. The number of fused-ring (bicyclic) bond motifs is 1. The van der Waals surface area contributed by atoms with Crippen molar-refractivity contribution in [2.45, 2.75) is 44.6 Å². The fraction of sp³-hybridized carbons (Fsp3) is 0.476. The van der Waals surface area contributed by atoms with Gasteiger partial charge in [0.2, 0.25) is 5.91 Å². The predicted octanol–water partition coefficient (Wildman–Crippen LogP) is 4.55. The largest absolute Gasteiger partial charge is 0.361 e. The summed E-state index contributed by atoms with van der Waals surface area (Å²) in [6.45, 7) is 1.73. The number of nitrogens with zero attached hydrogens (tertiary/aromatic N) is 1. The number of nitrogens with one attached hydrogen (secondary N) is 1. The van der Waals surface area contributed by atoms with Gasteiger partial charge in [0.15, 0.2) is 0 Å². The van der Waals surface area contributed by atoms with E-state index in [0.717, 1.165) is 25.8 Å². The molecule has 0 saturated heterocycles. The lowest BCUT2D eigenvalue weighted by molar-refractivity contribution is -0.125. The van der Waals surface area contributed by atoms with Crippen LogP contribution in [0.4, 0.5) is 5.69 Å². The Hall–Kier alpha value is -1.81. The van der Waals surface area contributed by atoms with Gasteiger partial charge in [-0.15, -0.1) is 11.3 Å². The summed E-state index contributed by atoms with van der Waals surface area (Å²) in [4.78, 5) is 16.4. The average molecular weight is 355 g/mol. The molecule has 4 heteroatoms. The first-order valence-corrected chi connectivity index (χ1v) is 10.4. The highest BCUT2D eigenvalue weighted by Crippen LogP contribution is 2.36. The van der Waals surface area contributed by atoms with Crippen LogP contribution in [0, 0.1) is 5.92 Å². The van der Waals surface area contributed by atoms with Gasteiger partial charge < -0.3 is 10.2 Å². The summed E-state index contributed by atoms with van der Waals surface area (Å²) in [5.41, 5.74) is 2.75. The molecule has 132 valence electrons. The lowest BCUT2D eigenvalue weighted by Crippen LogP contribution is -2.40. The van der Waals surface area contributed by atoms with Crippen molar-refractivity contribution in [3.63, 3.8) is 0 Å². The van der Waals surface area contributed by atoms with Gasteiger partial charge in [-0.3, -0.25) is 4.79 Å². The summed E-state index contributed by atoms with van der Waals surface area (Å²) in [6.07, 6.45) is 6.89. The number of benzene rings is 1. The molecule has 0 radical (unpaired) electrons. The van der Waals surface area contributed by atoms with Crippen LogP contribution in [0.3, 0.4) is 0 Å². The summed E-state index contributed by atoms with van der Waals surface area (Å²) >= 11 is 1.79. The summed E-state index contributed by atoms with van der Waals surface area (Å²) in [6, 6.07) is 13.2. The smallest absolute Gasteiger partial charge is 0.223 e. The van der Waals surface area contributed by atoms with Crippen LogP contribution in [0.5, 0.6) is 0 Å². The zero-order valence-corrected chi connectivity index (χ0v) is 15.4. The maximum absolute atomic E-state index is 12.6. The summed E-state index contributed by atoms with van der Waals surface area (Å²) in [7, 11) is 0. The molecule has 1 aliphatic heterocycles. The monoisotopic (exact) mass is 354 g/mol. The third-order valence-electron chi connectivity index (χ3n) is 5.62. The van der Waals surface area contributed by atoms with Crippen molar-refractivity contribution < 1.29 is 4.79 Å². The first kappa shape index (κ1) is 16.6.